The molecule has 0 spiro atoms. The third-order valence-corrected chi connectivity index (χ3v) is 3.78. The molecule has 0 saturated carbocycles. The van der Waals surface area contributed by atoms with Crippen molar-refractivity contribution in [2.45, 2.75) is 13.3 Å². The number of carbonyl (C=O) groups excluding carboxylic acids is 2. The molecule has 26 heavy (non-hydrogen) atoms. The van der Waals surface area contributed by atoms with Gasteiger partial charge in [0.1, 0.15) is 12.2 Å². The summed E-state index contributed by atoms with van der Waals surface area (Å²) in [4.78, 5) is 28.1. The lowest BCUT2D eigenvalue weighted by Gasteiger charge is -2.03. The minimum Gasteiger partial charge on any atom is -0.348 e. The molecule has 3 aromatic rings. The van der Waals surface area contributed by atoms with Crippen LogP contribution >= 0.6 is 0 Å². The van der Waals surface area contributed by atoms with Gasteiger partial charge in [-0.15, -0.1) is 0 Å². The number of halogens is 1. The Labute approximate surface area is 149 Å². The summed E-state index contributed by atoms with van der Waals surface area (Å²) >= 11 is 0. The summed E-state index contributed by atoms with van der Waals surface area (Å²) in [6, 6.07) is 12.7. The summed E-state index contributed by atoms with van der Waals surface area (Å²) in [7, 11) is 0. The van der Waals surface area contributed by atoms with Crippen LogP contribution in [0.15, 0.2) is 53.1 Å². The Hall–Kier alpha value is -3.35. The van der Waals surface area contributed by atoms with Crippen LogP contribution in [0.4, 0.5) is 4.39 Å². The van der Waals surface area contributed by atoms with E-state index in [0.717, 1.165) is 11.1 Å². The van der Waals surface area contributed by atoms with Gasteiger partial charge in [0.15, 0.2) is 5.78 Å². The molecule has 0 atom stereocenters. The van der Waals surface area contributed by atoms with Gasteiger partial charge >= 0.3 is 0 Å². The van der Waals surface area contributed by atoms with E-state index in [1.165, 1.54) is 24.3 Å². The first-order chi connectivity index (χ1) is 12.5. The Bertz CT molecular complexity index is 935. The van der Waals surface area contributed by atoms with E-state index in [2.05, 4.69) is 15.5 Å². The number of ketones is 1. The number of hydrogen-bond acceptors (Lipinski definition) is 5. The second-order valence-electron chi connectivity index (χ2n) is 5.71. The van der Waals surface area contributed by atoms with Crippen LogP contribution < -0.4 is 5.32 Å². The summed E-state index contributed by atoms with van der Waals surface area (Å²) in [5, 5.41) is 6.38. The molecule has 0 fully saturated rings. The number of carbonyl (C=O) groups is 2. The maximum absolute atomic E-state index is 12.9. The van der Waals surface area contributed by atoms with Crippen LogP contribution in [0.5, 0.6) is 0 Å². The van der Waals surface area contributed by atoms with Crippen LogP contribution in [0.3, 0.4) is 0 Å². The van der Waals surface area contributed by atoms with Crippen molar-refractivity contribution in [1.82, 2.24) is 15.5 Å². The predicted molar refractivity (Wildman–Crippen MR) is 91.9 cm³/mol. The quantitative estimate of drug-likeness (QED) is 0.689. The molecule has 0 saturated heterocycles. The van der Waals surface area contributed by atoms with E-state index in [9.17, 15) is 14.0 Å². The standard InChI is InChI=1S/C19H16FN3O3/c1-12-4-2-3-5-15(12)19-22-18(26-23-19)10-17(25)21-11-16(24)13-6-8-14(20)9-7-13/h2-9H,10-11H2,1H3,(H,21,25). The van der Waals surface area contributed by atoms with Crippen molar-refractivity contribution >= 4 is 11.7 Å². The molecule has 0 unspecified atom stereocenters. The molecule has 6 nitrogen and oxygen atoms in total. The van der Waals surface area contributed by atoms with Crippen LogP contribution in [0.25, 0.3) is 11.4 Å². The highest BCUT2D eigenvalue weighted by Gasteiger charge is 2.15. The van der Waals surface area contributed by atoms with Gasteiger partial charge in [0, 0.05) is 11.1 Å². The van der Waals surface area contributed by atoms with Gasteiger partial charge in [0.05, 0.1) is 6.54 Å². The molecular weight excluding hydrogens is 337 g/mol. The molecule has 1 amide bonds. The molecule has 0 radical (unpaired) electrons. The molecule has 1 N–H and O–H groups in total. The average Bonchev–Trinajstić information content (AvgIpc) is 3.09. The molecule has 0 aliphatic rings. The van der Waals surface area contributed by atoms with Gasteiger partial charge in [-0.3, -0.25) is 9.59 Å². The van der Waals surface area contributed by atoms with Gasteiger partial charge in [-0.25, -0.2) is 4.39 Å². The van der Waals surface area contributed by atoms with Crippen LogP contribution in [-0.2, 0) is 11.2 Å². The number of hydrogen-bond donors (Lipinski definition) is 1. The van der Waals surface area contributed by atoms with Gasteiger partial charge in [0.25, 0.3) is 0 Å². The summed E-state index contributed by atoms with van der Waals surface area (Å²) in [6.07, 6.45) is -0.129. The Balaban J connectivity index is 1.56. The summed E-state index contributed by atoms with van der Waals surface area (Å²) < 4.78 is 18.0. The summed E-state index contributed by atoms with van der Waals surface area (Å²) in [6.45, 7) is 1.74. The molecule has 7 heteroatoms. The van der Waals surface area contributed by atoms with Crippen molar-refractivity contribution < 1.29 is 18.5 Å². The Kier molecular flexibility index (Phi) is 5.17. The zero-order valence-corrected chi connectivity index (χ0v) is 14.0. The van der Waals surface area contributed by atoms with Crippen molar-refractivity contribution in [3.8, 4) is 11.4 Å². The Morgan fingerprint density at radius 1 is 1.12 bits per heavy atom. The first kappa shape index (κ1) is 17.5. The van der Waals surface area contributed by atoms with Crippen LogP contribution in [0.1, 0.15) is 21.8 Å². The molecule has 1 aromatic heterocycles. The van der Waals surface area contributed by atoms with E-state index in [-0.39, 0.29) is 24.6 Å². The average molecular weight is 353 g/mol. The summed E-state index contributed by atoms with van der Waals surface area (Å²) in [5.41, 5.74) is 2.15. The summed E-state index contributed by atoms with van der Waals surface area (Å²) in [5.74, 6) is -0.584. The van der Waals surface area contributed by atoms with Gasteiger partial charge in [-0.05, 0) is 36.8 Å². The third kappa shape index (κ3) is 4.18. The molecule has 0 aliphatic carbocycles. The van der Waals surface area contributed by atoms with Gasteiger partial charge < -0.3 is 9.84 Å². The topological polar surface area (TPSA) is 85.1 Å². The highest BCUT2D eigenvalue weighted by molar-refractivity contribution is 5.99. The van der Waals surface area contributed by atoms with Crippen molar-refractivity contribution in [3.63, 3.8) is 0 Å². The number of Topliss-reactive ketones (excluding diaryl/α,β-unsaturated/α-hetero) is 1. The van der Waals surface area contributed by atoms with E-state index in [0.29, 0.717) is 11.4 Å². The maximum atomic E-state index is 12.9. The minimum atomic E-state index is -0.425. The van der Waals surface area contributed by atoms with Crippen molar-refractivity contribution in [2.24, 2.45) is 0 Å². The monoisotopic (exact) mass is 353 g/mol. The van der Waals surface area contributed by atoms with Crippen LogP contribution in [0.2, 0.25) is 0 Å². The number of benzene rings is 2. The van der Waals surface area contributed by atoms with Gasteiger partial charge in [-0.2, -0.15) is 4.98 Å². The smallest absolute Gasteiger partial charge is 0.236 e. The fraction of sp³-hybridized carbons (Fsp3) is 0.158. The molecule has 2 aromatic carbocycles. The zero-order valence-electron chi connectivity index (χ0n) is 14.0. The van der Waals surface area contributed by atoms with E-state index in [4.69, 9.17) is 4.52 Å². The highest BCUT2D eigenvalue weighted by Crippen LogP contribution is 2.19. The minimum absolute atomic E-state index is 0.129. The lowest BCUT2D eigenvalue weighted by atomic mass is 10.1. The van der Waals surface area contributed by atoms with E-state index in [1.54, 1.807) is 0 Å². The first-order valence-corrected chi connectivity index (χ1v) is 7.97. The second kappa shape index (κ2) is 7.69. The third-order valence-electron chi connectivity index (χ3n) is 3.78. The van der Waals surface area contributed by atoms with Gasteiger partial charge in [0.2, 0.25) is 17.6 Å². The number of nitrogens with one attached hydrogen (secondary N) is 1. The van der Waals surface area contributed by atoms with Crippen LogP contribution in [0, 0.1) is 12.7 Å². The van der Waals surface area contributed by atoms with E-state index < -0.39 is 11.7 Å². The van der Waals surface area contributed by atoms with E-state index >= 15 is 0 Å². The van der Waals surface area contributed by atoms with Crippen molar-refractivity contribution in [2.75, 3.05) is 6.54 Å². The molecule has 3 rings (SSSR count). The molecule has 0 aliphatic heterocycles. The molecule has 0 bridgehead atoms. The normalized spacial score (nSPS) is 10.5. The molecule has 132 valence electrons. The fourth-order valence-electron chi connectivity index (χ4n) is 2.38. The zero-order chi connectivity index (χ0) is 18.5. The van der Waals surface area contributed by atoms with Crippen LogP contribution in [-0.4, -0.2) is 28.4 Å². The number of aryl methyl sites for hydroxylation is 1. The number of aromatic nitrogens is 2. The van der Waals surface area contributed by atoms with E-state index in [1.807, 2.05) is 31.2 Å². The second-order valence-corrected chi connectivity index (χ2v) is 5.71. The Morgan fingerprint density at radius 3 is 2.58 bits per heavy atom. The SMILES string of the molecule is Cc1ccccc1-c1noc(CC(=O)NCC(=O)c2ccc(F)cc2)n1. The maximum Gasteiger partial charge on any atom is 0.236 e. The highest BCUT2D eigenvalue weighted by atomic mass is 19.1. The fourth-order valence-corrected chi connectivity index (χ4v) is 2.38. The lowest BCUT2D eigenvalue weighted by molar-refractivity contribution is -0.120. The van der Waals surface area contributed by atoms with Crippen molar-refractivity contribution in [1.29, 1.82) is 0 Å². The van der Waals surface area contributed by atoms with Crippen molar-refractivity contribution in [3.05, 3.63) is 71.4 Å². The first-order valence-electron chi connectivity index (χ1n) is 7.97. The number of nitrogens with zero attached hydrogens (tertiary/aromatic N) is 2. The largest absolute Gasteiger partial charge is 0.348 e. The molecular formula is C19H16FN3O3. The number of amides is 1. The number of rotatable bonds is 6. The van der Waals surface area contributed by atoms with Gasteiger partial charge in [-0.1, -0.05) is 29.4 Å². The molecule has 1 heterocycles. The lowest BCUT2D eigenvalue weighted by Crippen LogP contribution is -2.30. The Morgan fingerprint density at radius 2 is 1.85 bits per heavy atom. The predicted octanol–water partition coefficient (Wildman–Crippen LogP) is 2.73.